The highest BCUT2D eigenvalue weighted by atomic mass is 16.5. The predicted octanol–water partition coefficient (Wildman–Crippen LogP) is 4.31. The molecule has 0 aromatic heterocycles. The smallest absolute Gasteiger partial charge is 0.321 e. The van der Waals surface area contributed by atoms with Gasteiger partial charge >= 0.3 is 6.03 Å². The first-order valence-corrected chi connectivity index (χ1v) is 7.86. The number of nitrogens with zero attached hydrogens (tertiary/aromatic N) is 1. The zero-order valence-corrected chi connectivity index (χ0v) is 14.0. The van der Waals surface area contributed by atoms with E-state index >= 15 is 0 Å². The molecule has 2 amide bonds. The van der Waals surface area contributed by atoms with Crippen LogP contribution in [0.2, 0.25) is 0 Å². The second-order valence-electron chi connectivity index (χ2n) is 5.58. The molecule has 122 valence electrons. The molecule has 2 aromatic rings. The Kier molecular flexibility index (Phi) is 6.03. The van der Waals surface area contributed by atoms with Crippen LogP contribution in [0.3, 0.4) is 0 Å². The van der Waals surface area contributed by atoms with Crippen LogP contribution in [0.1, 0.15) is 24.5 Å². The van der Waals surface area contributed by atoms with Crippen molar-refractivity contribution in [3.8, 4) is 5.75 Å². The fourth-order valence-electron chi connectivity index (χ4n) is 2.34. The maximum atomic E-state index is 12.2. The second-order valence-corrected chi connectivity index (χ2v) is 5.58. The number of benzene rings is 2. The van der Waals surface area contributed by atoms with Crippen LogP contribution in [-0.4, -0.2) is 25.1 Å². The molecule has 0 aliphatic rings. The molecule has 0 aliphatic heterocycles. The summed E-state index contributed by atoms with van der Waals surface area (Å²) in [6, 6.07) is 15.6. The lowest BCUT2D eigenvalue weighted by molar-refractivity contribution is 0.220. The van der Waals surface area contributed by atoms with Crippen LogP contribution in [0.15, 0.2) is 48.5 Å². The van der Waals surface area contributed by atoms with Crippen molar-refractivity contribution in [2.75, 3.05) is 19.5 Å². The third kappa shape index (κ3) is 5.02. The van der Waals surface area contributed by atoms with E-state index in [0.717, 1.165) is 29.8 Å². The Morgan fingerprint density at radius 3 is 2.22 bits per heavy atom. The van der Waals surface area contributed by atoms with Gasteiger partial charge in [0.2, 0.25) is 0 Å². The van der Waals surface area contributed by atoms with E-state index in [0.29, 0.717) is 6.54 Å². The van der Waals surface area contributed by atoms with Crippen molar-refractivity contribution >= 4 is 11.7 Å². The van der Waals surface area contributed by atoms with E-state index in [1.807, 2.05) is 36.4 Å². The predicted molar refractivity (Wildman–Crippen MR) is 93.9 cm³/mol. The Morgan fingerprint density at radius 2 is 1.65 bits per heavy atom. The first-order chi connectivity index (χ1) is 11.1. The van der Waals surface area contributed by atoms with E-state index in [2.05, 4.69) is 24.4 Å². The summed E-state index contributed by atoms with van der Waals surface area (Å²) in [4.78, 5) is 13.9. The van der Waals surface area contributed by atoms with Gasteiger partial charge in [0, 0.05) is 19.3 Å². The van der Waals surface area contributed by atoms with Gasteiger partial charge in [-0.2, -0.15) is 0 Å². The average molecular weight is 312 g/mol. The number of urea groups is 1. The van der Waals surface area contributed by atoms with Crippen molar-refractivity contribution in [3.63, 3.8) is 0 Å². The van der Waals surface area contributed by atoms with Crippen LogP contribution in [0, 0.1) is 0 Å². The topological polar surface area (TPSA) is 41.6 Å². The number of carbonyl (C=O) groups is 1. The zero-order valence-electron chi connectivity index (χ0n) is 14.0. The molecule has 2 aromatic carbocycles. The highest BCUT2D eigenvalue weighted by Gasteiger charge is 2.09. The molecule has 0 heterocycles. The SMILES string of the molecule is CCCc1ccc(NC(=O)N(C)Cc2ccc(OC)cc2)cc1. The van der Waals surface area contributed by atoms with Gasteiger partial charge in [0.25, 0.3) is 0 Å². The quantitative estimate of drug-likeness (QED) is 0.863. The van der Waals surface area contributed by atoms with Crippen molar-refractivity contribution in [3.05, 3.63) is 59.7 Å². The zero-order chi connectivity index (χ0) is 16.7. The first-order valence-electron chi connectivity index (χ1n) is 7.86. The minimum atomic E-state index is -0.121. The molecule has 0 spiro atoms. The normalized spacial score (nSPS) is 10.2. The van der Waals surface area contributed by atoms with E-state index in [9.17, 15) is 4.79 Å². The third-order valence-electron chi connectivity index (χ3n) is 3.67. The number of aryl methyl sites for hydroxylation is 1. The Balaban J connectivity index is 1.90. The molecule has 4 heteroatoms. The standard InChI is InChI=1S/C19H24N2O2/c1-4-5-15-6-10-17(11-7-15)20-19(22)21(2)14-16-8-12-18(23-3)13-9-16/h6-13H,4-5,14H2,1-3H3,(H,20,22). The summed E-state index contributed by atoms with van der Waals surface area (Å²) in [7, 11) is 3.42. The molecule has 1 N–H and O–H groups in total. The van der Waals surface area contributed by atoms with E-state index in [-0.39, 0.29) is 6.03 Å². The first kappa shape index (κ1) is 16.9. The summed E-state index contributed by atoms with van der Waals surface area (Å²) in [5.74, 6) is 0.813. The van der Waals surface area contributed by atoms with Crippen LogP contribution >= 0.6 is 0 Å². The van der Waals surface area contributed by atoms with Gasteiger partial charge in [-0.3, -0.25) is 0 Å². The number of carbonyl (C=O) groups excluding carboxylic acids is 1. The monoisotopic (exact) mass is 312 g/mol. The number of rotatable bonds is 6. The maximum Gasteiger partial charge on any atom is 0.321 e. The molecule has 0 radical (unpaired) electrons. The number of anilines is 1. The van der Waals surface area contributed by atoms with E-state index in [1.165, 1.54) is 5.56 Å². The van der Waals surface area contributed by atoms with Crippen LogP contribution in [0.5, 0.6) is 5.75 Å². The van der Waals surface area contributed by atoms with Crippen molar-refractivity contribution < 1.29 is 9.53 Å². The molecule has 0 unspecified atom stereocenters. The fourth-order valence-corrected chi connectivity index (χ4v) is 2.34. The van der Waals surface area contributed by atoms with Crippen LogP contribution < -0.4 is 10.1 Å². The Morgan fingerprint density at radius 1 is 1.04 bits per heavy atom. The van der Waals surface area contributed by atoms with E-state index in [1.54, 1.807) is 19.1 Å². The molecular formula is C19H24N2O2. The van der Waals surface area contributed by atoms with Crippen LogP contribution in [0.4, 0.5) is 10.5 Å². The molecule has 0 saturated carbocycles. The number of hydrogen-bond acceptors (Lipinski definition) is 2. The van der Waals surface area contributed by atoms with Gasteiger partial charge in [0.15, 0.2) is 0 Å². The molecule has 0 aliphatic carbocycles. The van der Waals surface area contributed by atoms with Gasteiger partial charge < -0.3 is 15.0 Å². The van der Waals surface area contributed by atoms with Gasteiger partial charge in [-0.25, -0.2) is 4.79 Å². The second kappa shape index (κ2) is 8.22. The van der Waals surface area contributed by atoms with E-state index in [4.69, 9.17) is 4.74 Å². The molecule has 0 bridgehead atoms. The molecule has 0 fully saturated rings. The number of methoxy groups -OCH3 is 1. The fraction of sp³-hybridized carbons (Fsp3) is 0.316. The third-order valence-corrected chi connectivity index (χ3v) is 3.67. The highest BCUT2D eigenvalue weighted by Crippen LogP contribution is 2.14. The van der Waals surface area contributed by atoms with E-state index < -0.39 is 0 Å². The van der Waals surface area contributed by atoms with Gasteiger partial charge in [-0.05, 0) is 41.8 Å². The summed E-state index contributed by atoms with van der Waals surface area (Å²) in [6.45, 7) is 2.70. The van der Waals surface area contributed by atoms with Crippen molar-refractivity contribution in [1.82, 2.24) is 4.90 Å². The lowest BCUT2D eigenvalue weighted by Crippen LogP contribution is -2.30. The Hall–Kier alpha value is -2.49. The van der Waals surface area contributed by atoms with Crippen LogP contribution in [-0.2, 0) is 13.0 Å². The highest BCUT2D eigenvalue weighted by molar-refractivity contribution is 5.89. The largest absolute Gasteiger partial charge is 0.497 e. The minimum Gasteiger partial charge on any atom is -0.497 e. The van der Waals surface area contributed by atoms with Crippen molar-refractivity contribution in [2.24, 2.45) is 0 Å². The van der Waals surface area contributed by atoms with Crippen molar-refractivity contribution in [1.29, 1.82) is 0 Å². The minimum absolute atomic E-state index is 0.121. The van der Waals surface area contributed by atoms with Crippen molar-refractivity contribution in [2.45, 2.75) is 26.3 Å². The summed E-state index contributed by atoms with van der Waals surface area (Å²) in [5, 5.41) is 2.92. The maximum absolute atomic E-state index is 12.2. The number of ether oxygens (including phenoxy) is 1. The Bertz CT molecular complexity index is 621. The number of hydrogen-bond donors (Lipinski definition) is 1. The van der Waals surface area contributed by atoms with Gasteiger partial charge in [-0.1, -0.05) is 37.6 Å². The lowest BCUT2D eigenvalue weighted by Gasteiger charge is -2.18. The summed E-state index contributed by atoms with van der Waals surface area (Å²) < 4.78 is 5.13. The summed E-state index contributed by atoms with van der Waals surface area (Å²) >= 11 is 0. The van der Waals surface area contributed by atoms with Gasteiger partial charge in [0.1, 0.15) is 5.75 Å². The summed E-state index contributed by atoms with van der Waals surface area (Å²) in [5.41, 5.74) is 3.16. The molecule has 2 rings (SSSR count). The Labute approximate surface area is 138 Å². The number of nitrogens with one attached hydrogen (secondary N) is 1. The van der Waals surface area contributed by atoms with Gasteiger partial charge in [-0.15, -0.1) is 0 Å². The number of amides is 2. The lowest BCUT2D eigenvalue weighted by atomic mass is 10.1. The molecule has 0 atom stereocenters. The average Bonchev–Trinajstić information content (AvgIpc) is 2.57. The molecular weight excluding hydrogens is 288 g/mol. The molecule has 23 heavy (non-hydrogen) atoms. The van der Waals surface area contributed by atoms with Crippen LogP contribution in [0.25, 0.3) is 0 Å². The summed E-state index contributed by atoms with van der Waals surface area (Å²) in [6.07, 6.45) is 2.18. The van der Waals surface area contributed by atoms with Gasteiger partial charge in [0.05, 0.1) is 7.11 Å². The molecule has 0 saturated heterocycles. The molecule has 4 nitrogen and oxygen atoms in total.